The van der Waals surface area contributed by atoms with Gasteiger partial charge in [0.2, 0.25) is 10.0 Å². The number of hydrogen-bond donors (Lipinski definition) is 2. The van der Waals surface area contributed by atoms with Crippen molar-refractivity contribution in [2.24, 2.45) is 0 Å². The van der Waals surface area contributed by atoms with Crippen LogP contribution in [0, 0.1) is 6.92 Å². The van der Waals surface area contributed by atoms with Crippen LogP contribution in [0.2, 0.25) is 0 Å². The van der Waals surface area contributed by atoms with Crippen LogP contribution < -0.4 is 4.72 Å². The van der Waals surface area contributed by atoms with Crippen molar-refractivity contribution >= 4 is 21.4 Å². The van der Waals surface area contributed by atoms with Crippen molar-refractivity contribution in [1.82, 2.24) is 4.72 Å². The molecular formula is C13H23NO4S2. The smallest absolute Gasteiger partial charge is 0.241 e. The number of aryl methyl sites for hydroxylation is 1. The Morgan fingerprint density at radius 3 is 2.65 bits per heavy atom. The molecule has 0 aromatic carbocycles. The maximum atomic E-state index is 12.1. The van der Waals surface area contributed by atoms with E-state index in [-0.39, 0.29) is 17.6 Å². The Morgan fingerprint density at radius 1 is 1.40 bits per heavy atom. The van der Waals surface area contributed by atoms with Crippen LogP contribution in [0.15, 0.2) is 11.0 Å². The molecule has 20 heavy (non-hydrogen) atoms. The van der Waals surface area contributed by atoms with E-state index < -0.39 is 10.0 Å². The third-order valence-corrected chi connectivity index (χ3v) is 5.43. The third-order valence-electron chi connectivity index (χ3n) is 2.68. The summed E-state index contributed by atoms with van der Waals surface area (Å²) in [5, 5.41) is 9.04. The zero-order chi connectivity index (χ0) is 15.2. The Morgan fingerprint density at radius 2 is 2.10 bits per heavy atom. The van der Waals surface area contributed by atoms with E-state index in [9.17, 15) is 8.42 Å². The SMILES string of the molecule is Cc1sc(CO)cc1S(=O)(=O)NCCCCOC(C)C. The topological polar surface area (TPSA) is 75.6 Å². The third kappa shape index (κ3) is 5.49. The molecule has 0 unspecified atom stereocenters. The van der Waals surface area contributed by atoms with Gasteiger partial charge in [-0.05, 0) is 39.7 Å². The molecule has 1 rings (SSSR count). The average Bonchev–Trinajstić information content (AvgIpc) is 2.75. The van der Waals surface area contributed by atoms with Gasteiger partial charge < -0.3 is 9.84 Å². The summed E-state index contributed by atoms with van der Waals surface area (Å²) in [5.41, 5.74) is 0. The minimum Gasteiger partial charge on any atom is -0.391 e. The van der Waals surface area contributed by atoms with Gasteiger partial charge in [-0.1, -0.05) is 0 Å². The number of ether oxygens (including phenoxy) is 1. The highest BCUT2D eigenvalue weighted by molar-refractivity contribution is 7.89. The van der Waals surface area contributed by atoms with Crippen LogP contribution in [-0.4, -0.2) is 32.8 Å². The zero-order valence-electron chi connectivity index (χ0n) is 12.2. The van der Waals surface area contributed by atoms with Crippen molar-refractivity contribution in [3.8, 4) is 0 Å². The van der Waals surface area contributed by atoms with Gasteiger partial charge in [0.05, 0.1) is 17.6 Å². The van der Waals surface area contributed by atoms with Crippen molar-refractivity contribution in [2.45, 2.75) is 51.2 Å². The molecule has 116 valence electrons. The van der Waals surface area contributed by atoms with Crippen LogP contribution in [0.3, 0.4) is 0 Å². The van der Waals surface area contributed by atoms with Crippen LogP contribution in [0.25, 0.3) is 0 Å². The number of sulfonamides is 1. The first-order valence-electron chi connectivity index (χ1n) is 6.68. The van der Waals surface area contributed by atoms with Gasteiger partial charge in [-0.15, -0.1) is 11.3 Å². The maximum absolute atomic E-state index is 12.1. The molecule has 0 aliphatic heterocycles. The monoisotopic (exact) mass is 321 g/mol. The van der Waals surface area contributed by atoms with E-state index in [0.717, 1.165) is 12.8 Å². The lowest BCUT2D eigenvalue weighted by atomic mass is 10.3. The summed E-state index contributed by atoms with van der Waals surface area (Å²) in [6.07, 6.45) is 1.77. The first-order valence-corrected chi connectivity index (χ1v) is 8.98. The van der Waals surface area contributed by atoms with Crippen LogP contribution >= 0.6 is 11.3 Å². The van der Waals surface area contributed by atoms with Gasteiger partial charge in [-0.25, -0.2) is 13.1 Å². The second-order valence-electron chi connectivity index (χ2n) is 4.82. The van der Waals surface area contributed by atoms with Gasteiger partial charge in [0.1, 0.15) is 0 Å². The van der Waals surface area contributed by atoms with E-state index in [1.807, 2.05) is 13.8 Å². The van der Waals surface area contributed by atoms with Gasteiger partial charge >= 0.3 is 0 Å². The first-order chi connectivity index (χ1) is 9.36. The molecule has 0 amide bonds. The van der Waals surface area contributed by atoms with E-state index in [4.69, 9.17) is 9.84 Å². The Labute approximate surface area is 125 Å². The number of hydrogen-bond acceptors (Lipinski definition) is 5. The molecular weight excluding hydrogens is 298 g/mol. The maximum Gasteiger partial charge on any atom is 0.241 e. The Balaban J connectivity index is 2.43. The Bertz CT molecular complexity index is 508. The summed E-state index contributed by atoms with van der Waals surface area (Å²) in [7, 11) is -3.48. The summed E-state index contributed by atoms with van der Waals surface area (Å²) in [6.45, 7) is 6.60. The lowest BCUT2D eigenvalue weighted by Gasteiger charge is -2.08. The van der Waals surface area contributed by atoms with E-state index in [1.54, 1.807) is 6.92 Å². The fraction of sp³-hybridized carbons (Fsp3) is 0.692. The van der Waals surface area contributed by atoms with E-state index in [1.165, 1.54) is 17.4 Å². The molecule has 0 bridgehead atoms. The second kappa shape index (κ2) is 8.09. The van der Waals surface area contributed by atoms with Crippen molar-refractivity contribution in [1.29, 1.82) is 0 Å². The zero-order valence-corrected chi connectivity index (χ0v) is 13.8. The lowest BCUT2D eigenvalue weighted by molar-refractivity contribution is 0.0762. The number of aliphatic hydroxyl groups is 1. The largest absolute Gasteiger partial charge is 0.391 e. The van der Waals surface area contributed by atoms with Gasteiger partial charge in [-0.3, -0.25) is 0 Å². The number of aliphatic hydroxyl groups excluding tert-OH is 1. The summed E-state index contributed by atoms with van der Waals surface area (Å²) < 4.78 is 32.2. The van der Waals surface area contributed by atoms with Crippen LogP contribution in [0.5, 0.6) is 0 Å². The molecule has 0 fully saturated rings. The predicted molar refractivity (Wildman–Crippen MR) is 80.5 cm³/mol. The highest BCUT2D eigenvalue weighted by atomic mass is 32.2. The van der Waals surface area contributed by atoms with Gasteiger partial charge in [0.15, 0.2) is 0 Å². The molecule has 1 aromatic rings. The summed E-state index contributed by atoms with van der Waals surface area (Å²) in [5.74, 6) is 0. The number of rotatable bonds is 9. The first kappa shape index (κ1) is 17.6. The quantitative estimate of drug-likeness (QED) is 0.682. The fourth-order valence-corrected chi connectivity index (χ4v) is 4.27. The summed E-state index contributed by atoms with van der Waals surface area (Å²) in [6, 6.07) is 1.53. The van der Waals surface area contributed by atoms with Gasteiger partial charge in [-0.2, -0.15) is 0 Å². The van der Waals surface area contributed by atoms with Gasteiger partial charge in [0.25, 0.3) is 0 Å². The Hall–Kier alpha value is -0.470. The lowest BCUT2D eigenvalue weighted by Crippen LogP contribution is -2.25. The highest BCUT2D eigenvalue weighted by Gasteiger charge is 2.19. The van der Waals surface area contributed by atoms with Crippen LogP contribution in [0.1, 0.15) is 36.4 Å². The normalized spacial score (nSPS) is 12.2. The molecule has 0 radical (unpaired) electrons. The highest BCUT2D eigenvalue weighted by Crippen LogP contribution is 2.25. The molecule has 0 saturated heterocycles. The summed E-state index contributed by atoms with van der Waals surface area (Å²) >= 11 is 1.30. The standard InChI is InChI=1S/C13H23NO4S2/c1-10(2)18-7-5-4-6-14-20(16,17)13-8-12(9-15)19-11(13)3/h8,10,14-15H,4-7,9H2,1-3H3. The molecule has 1 aromatic heterocycles. The van der Waals surface area contributed by atoms with Crippen LogP contribution in [0.4, 0.5) is 0 Å². The molecule has 2 N–H and O–H groups in total. The van der Waals surface area contributed by atoms with Crippen molar-refractivity contribution in [3.05, 3.63) is 15.8 Å². The molecule has 0 atom stereocenters. The molecule has 0 aliphatic rings. The fourth-order valence-electron chi connectivity index (χ4n) is 1.70. The minimum atomic E-state index is -3.48. The number of thiophene rings is 1. The molecule has 5 nitrogen and oxygen atoms in total. The van der Waals surface area contributed by atoms with Crippen molar-refractivity contribution in [3.63, 3.8) is 0 Å². The summed E-state index contributed by atoms with van der Waals surface area (Å²) in [4.78, 5) is 1.63. The van der Waals surface area contributed by atoms with Crippen molar-refractivity contribution in [2.75, 3.05) is 13.2 Å². The van der Waals surface area contributed by atoms with E-state index >= 15 is 0 Å². The van der Waals surface area contributed by atoms with Crippen molar-refractivity contribution < 1.29 is 18.3 Å². The van der Waals surface area contributed by atoms with Crippen LogP contribution in [-0.2, 0) is 21.4 Å². The molecule has 0 spiro atoms. The van der Waals surface area contributed by atoms with Gasteiger partial charge in [0, 0.05) is 22.9 Å². The van der Waals surface area contributed by atoms with E-state index in [2.05, 4.69) is 4.72 Å². The van der Waals surface area contributed by atoms with E-state index in [0.29, 0.717) is 22.9 Å². The molecule has 1 heterocycles. The molecule has 7 heteroatoms. The molecule has 0 aliphatic carbocycles. The average molecular weight is 321 g/mol. The number of unbranched alkanes of at least 4 members (excludes halogenated alkanes) is 1. The predicted octanol–water partition coefficient (Wildman–Crippen LogP) is 2.03. The second-order valence-corrected chi connectivity index (χ2v) is 7.89. The number of nitrogens with one attached hydrogen (secondary N) is 1. The molecule has 0 saturated carbocycles. The Kier molecular flexibility index (Phi) is 7.11. The minimum absolute atomic E-state index is 0.131.